The number of rotatable bonds is 3. The number of H-pyrrole nitrogens is 1. The van der Waals surface area contributed by atoms with Crippen LogP contribution in [-0.2, 0) is 25.6 Å². The maximum atomic E-state index is 12.8. The number of nitrogens with one attached hydrogen (secondary N) is 1. The first kappa shape index (κ1) is 23.8. The highest BCUT2D eigenvalue weighted by Crippen LogP contribution is 2.33. The number of likely N-dealkylation sites (tertiary alicyclic amines) is 1. The Hall–Kier alpha value is -2.31. The number of halogens is 4. The highest BCUT2D eigenvalue weighted by Gasteiger charge is 2.30. The van der Waals surface area contributed by atoms with Crippen LogP contribution < -0.4 is 5.56 Å². The lowest BCUT2D eigenvalue weighted by atomic mass is 9.88. The molecule has 1 saturated heterocycles. The van der Waals surface area contributed by atoms with Crippen LogP contribution in [0.2, 0.25) is 0 Å². The van der Waals surface area contributed by atoms with E-state index >= 15 is 0 Å². The Labute approximate surface area is 197 Å². The number of hydrogen-bond acceptors (Lipinski definition) is 2. The van der Waals surface area contributed by atoms with E-state index in [9.17, 15) is 18.0 Å². The monoisotopic (exact) mass is 476 g/mol. The van der Waals surface area contributed by atoms with Gasteiger partial charge in [0.2, 0.25) is 0 Å². The summed E-state index contributed by atoms with van der Waals surface area (Å²) in [6, 6.07) is 12.0. The molecule has 0 bridgehead atoms. The second kappa shape index (κ2) is 9.51. The number of benzene rings is 2. The van der Waals surface area contributed by atoms with Gasteiger partial charge in [-0.15, -0.1) is 12.4 Å². The van der Waals surface area contributed by atoms with Gasteiger partial charge in [-0.2, -0.15) is 13.2 Å². The molecule has 33 heavy (non-hydrogen) atoms. The Kier molecular flexibility index (Phi) is 6.87. The summed E-state index contributed by atoms with van der Waals surface area (Å²) in [5.74, 6) is 0.308. The summed E-state index contributed by atoms with van der Waals surface area (Å²) < 4.78 is 38.4. The zero-order chi connectivity index (χ0) is 22.3. The molecule has 2 aliphatic rings. The molecule has 3 nitrogen and oxygen atoms in total. The molecule has 1 aromatic heterocycles. The minimum absolute atomic E-state index is 0. The van der Waals surface area contributed by atoms with E-state index in [-0.39, 0.29) is 18.0 Å². The fraction of sp³-hybridized carbons (Fsp3) is 0.423. The molecule has 7 heteroatoms. The predicted octanol–water partition coefficient (Wildman–Crippen LogP) is 6.23. The third-order valence-corrected chi connectivity index (χ3v) is 7.10. The van der Waals surface area contributed by atoms with Crippen molar-refractivity contribution in [2.75, 3.05) is 13.1 Å². The van der Waals surface area contributed by atoms with Gasteiger partial charge in [0.25, 0.3) is 5.56 Å². The second-order valence-electron chi connectivity index (χ2n) is 9.17. The standard InChI is InChI=1S/C26H27F3N2O.ClH/c27-26(28,29)20-8-6-18(7-9-20)19-11-13-31(14-12-19)16-17-5-10-24-23(15-17)21-3-1-2-4-22(21)25(32)30-24;/h5-10,15,19H,1-4,11-14,16H2,(H,30,32);1H. The Balaban J connectivity index is 0.00000259. The van der Waals surface area contributed by atoms with E-state index in [1.54, 1.807) is 12.1 Å². The quantitative estimate of drug-likeness (QED) is 0.486. The molecule has 1 aliphatic carbocycles. The zero-order valence-electron chi connectivity index (χ0n) is 18.4. The average molecular weight is 477 g/mol. The SMILES string of the molecule is Cl.O=c1[nH]c2ccc(CN3CCC(c4ccc(C(F)(F)F)cc4)CC3)cc2c2c1CCCC2. The Morgan fingerprint density at radius 2 is 1.61 bits per heavy atom. The first-order valence-corrected chi connectivity index (χ1v) is 11.4. The molecule has 0 unspecified atom stereocenters. The van der Waals surface area contributed by atoms with Gasteiger partial charge in [0.05, 0.1) is 5.56 Å². The smallest absolute Gasteiger partial charge is 0.322 e. The third-order valence-electron chi connectivity index (χ3n) is 7.10. The average Bonchev–Trinajstić information content (AvgIpc) is 2.80. The number of pyridine rings is 1. The predicted molar refractivity (Wildman–Crippen MR) is 127 cm³/mol. The number of piperidine rings is 1. The van der Waals surface area contributed by atoms with Crippen LogP contribution in [0.1, 0.15) is 59.4 Å². The molecule has 176 valence electrons. The van der Waals surface area contributed by atoms with Crippen molar-refractivity contribution in [1.29, 1.82) is 0 Å². The summed E-state index contributed by atoms with van der Waals surface area (Å²) in [4.78, 5) is 17.8. The molecule has 1 N–H and O–H groups in total. The first-order chi connectivity index (χ1) is 15.4. The van der Waals surface area contributed by atoms with Crippen LogP contribution >= 0.6 is 12.4 Å². The van der Waals surface area contributed by atoms with E-state index in [0.717, 1.165) is 74.8 Å². The van der Waals surface area contributed by atoms with E-state index in [1.165, 1.54) is 28.6 Å². The molecule has 3 aromatic rings. The van der Waals surface area contributed by atoms with Crippen molar-refractivity contribution in [2.24, 2.45) is 0 Å². The van der Waals surface area contributed by atoms with Crippen molar-refractivity contribution in [3.05, 3.63) is 80.6 Å². The number of aromatic amines is 1. The van der Waals surface area contributed by atoms with Gasteiger partial charge in [-0.3, -0.25) is 9.69 Å². The fourth-order valence-electron chi connectivity index (χ4n) is 5.33. The van der Waals surface area contributed by atoms with Gasteiger partial charge in [0.15, 0.2) is 0 Å². The molecule has 1 aliphatic heterocycles. The summed E-state index contributed by atoms with van der Waals surface area (Å²) in [5.41, 5.74) is 4.81. The zero-order valence-corrected chi connectivity index (χ0v) is 19.2. The highest BCUT2D eigenvalue weighted by atomic mass is 35.5. The maximum Gasteiger partial charge on any atom is 0.416 e. The minimum atomic E-state index is -4.28. The topological polar surface area (TPSA) is 36.1 Å². The maximum absolute atomic E-state index is 12.8. The van der Waals surface area contributed by atoms with E-state index in [0.29, 0.717) is 5.92 Å². The molecular formula is C26H28ClF3N2O. The number of nitrogens with zero attached hydrogens (tertiary/aromatic N) is 1. The van der Waals surface area contributed by atoms with Crippen LogP contribution in [0.4, 0.5) is 13.2 Å². The summed E-state index contributed by atoms with van der Waals surface area (Å²) in [6.07, 6.45) is 1.65. The van der Waals surface area contributed by atoms with Crippen LogP contribution in [0.3, 0.4) is 0 Å². The van der Waals surface area contributed by atoms with Crippen molar-refractivity contribution in [3.8, 4) is 0 Å². The molecule has 2 heterocycles. The van der Waals surface area contributed by atoms with Gasteiger partial charge in [-0.05, 0) is 98.5 Å². The lowest BCUT2D eigenvalue weighted by Gasteiger charge is -2.32. The van der Waals surface area contributed by atoms with Gasteiger partial charge in [-0.1, -0.05) is 18.2 Å². The van der Waals surface area contributed by atoms with Crippen LogP contribution in [0.25, 0.3) is 10.9 Å². The Morgan fingerprint density at radius 3 is 2.27 bits per heavy atom. The summed E-state index contributed by atoms with van der Waals surface area (Å²) in [5, 5.41) is 1.18. The van der Waals surface area contributed by atoms with E-state index < -0.39 is 11.7 Å². The molecule has 0 saturated carbocycles. The molecule has 0 radical (unpaired) electrons. The fourth-order valence-corrected chi connectivity index (χ4v) is 5.33. The molecule has 0 atom stereocenters. The molecule has 2 aromatic carbocycles. The van der Waals surface area contributed by atoms with Gasteiger partial charge in [-0.25, -0.2) is 0 Å². The summed E-state index contributed by atoms with van der Waals surface area (Å²) in [7, 11) is 0. The van der Waals surface area contributed by atoms with Gasteiger partial charge < -0.3 is 4.98 Å². The molecule has 0 amide bonds. The number of alkyl halides is 3. The number of hydrogen-bond donors (Lipinski definition) is 1. The van der Waals surface area contributed by atoms with Gasteiger partial charge in [0.1, 0.15) is 0 Å². The van der Waals surface area contributed by atoms with E-state index in [4.69, 9.17) is 0 Å². The van der Waals surface area contributed by atoms with Crippen LogP contribution in [0.15, 0.2) is 47.3 Å². The second-order valence-corrected chi connectivity index (χ2v) is 9.17. The molecule has 1 fully saturated rings. The summed E-state index contributed by atoms with van der Waals surface area (Å²) >= 11 is 0. The lowest BCUT2D eigenvalue weighted by molar-refractivity contribution is -0.137. The highest BCUT2D eigenvalue weighted by molar-refractivity contribution is 5.85. The van der Waals surface area contributed by atoms with Crippen molar-refractivity contribution in [3.63, 3.8) is 0 Å². The first-order valence-electron chi connectivity index (χ1n) is 11.4. The molecular weight excluding hydrogens is 449 g/mol. The number of fused-ring (bicyclic) bond motifs is 3. The molecule has 5 rings (SSSR count). The minimum Gasteiger partial charge on any atom is -0.322 e. The van der Waals surface area contributed by atoms with Crippen molar-refractivity contribution in [1.82, 2.24) is 9.88 Å². The van der Waals surface area contributed by atoms with Gasteiger partial charge in [0, 0.05) is 23.0 Å². The van der Waals surface area contributed by atoms with Gasteiger partial charge >= 0.3 is 6.18 Å². The number of aromatic nitrogens is 1. The normalized spacial score (nSPS) is 17.5. The number of aryl methyl sites for hydroxylation is 1. The van der Waals surface area contributed by atoms with Crippen LogP contribution in [-0.4, -0.2) is 23.0 Å². The Bertz CT molecular complexity index is 1180. The van der Waals surface area contributed by atoms with Crippen molar-refractivity contribution < 1.29 is 13.2 Å². The lowest BCUT2D eigenvalue weighted by Crippen LogP contribution is -2.32. The third kappa shape index (κ3) is 4.97. The summed E-state index contributed by atoms with van der Waals surface area (Å²) in [6.45, 7) is 2.70. The van der Waals surface area contributed by atoms with E-state index in [2.05, 4.69) is 22.0 Å². The Morgan fingerprint density at radius 1 is 0.939 bits per heavy atom. The largest absolute Gasteiger partial charge is 0.416 e. The van der Waals surface area contributed by atoms with Crippen molar-refractivity contribution >= 4 is 23.3 Å². The van der Waals surface area contributed by atoms with Crippen LogP contribution in [0.5, 0.6) is 0 Å². The van der Waals surface area contributed by atoms with Crippen molar-refractivity contribution in [2.45, 2.75) is 57.2 Å². The van der Waals surface area contributed by atoms with Crippen LogP contribution in [0, 0.1) is 0 Å². The molecule has 0 spiro atoms. The van der Waals surface area contributed by atoms with E-state index in [1.807, 2.05) is 6.07 Å².